The van der Waals surface area contributed by atoms with Crippen LogP contribution in [0, 0.1) is 25.2 Å². The lowest BCUT2D eigenvalue weighted by Gasteiger charge is -2.21. The van der Waals surface area contributed by atoms with Gasteiger partial charge in [-0.15, -0.1) is 0 Å². The number of rotatable bonds is 6. The van der Waals surface area contributed by atoms with Gasteiger partial charge in [0, 0.05) is 17.0 Å². The highest BCUT2D eigenvalue weighted by atomic mass is 35.5. The zero-order valence-electron chi connectivity index (χ0n) is 12.2. The molecule has 0 aliphatic rings. The number of nitriles is 1. The molecule has 0 spiro atoms. The number of aryl methyl sites for hydroxylation is 1. The van der Waals surface area contributed by atoms with Crippen molar-refractivity contribution in [3.8, 4) is 11.8 Å². The molecule has 1 unspecified atom stereocenters. The summed E-state index contributed by atoms with van der Waals surface area (Å²) in [4.78, 5) is 0. The highest BCUT2D eigenvalue weighted by molar-refractivity contribution is 6.32. The van der Waals surface area contributed by atoms with Crippen molar-refractivity contribution in [2.75, 3.05) is 6.61 Å². The van der Waals surface area contributed by atoms with Gasteiger partial charge in [0.15, 0.2) is 0 Å². The predicted octanol–water partition coefficient (Wildman–Crippen LogP) is 5.15. The highest BCUT2D eigenvalue weighted by Gasteiger charge is 2.18. The molecule has 19 heavy (non-hydrogen) atoms. The molecule has 0 bridgehead atoms. The zero-order chi connectivity index (χ0) is 14.4. The van der Waals surface area contributed by atoms with Gasteiger partial charge in [0.05, 0.1) is 12.7 Å². The van der Waals surface area contributed by atoms with Crippen LogP contribution in [0.1, 0.15) is 55.7 Å². The molecule has 104 valence electrons. The first-order valence-electron chi connectivity index (χ1n) is 6.82. The first kappa shape index (κ1) is 15.9. The number of halogens is 1. The van der Waals surface area contributed by atoms with Crippen LogP contribution in [-0.2, 0) is 0 Å². The van der Waals surface area contributed by atoms with Crippen molar-refractivity contribution in [1.29, 1.82) is 5.26 Å². The third kappa shape index (κ3) is 3.88. The zero-order valence-corrected chi connectivity index (χ0v) is 13.0. The molecule has 0 aliphatic carbocycles. The fourth-order valence-electron chi connectivity index (χ4n) is 2.31. The molecule has 0 saturated heterocycles. The van der Waals surface area contributed by atoms with Crippen LogP contribution in [0.25, 0.3) is 0 Å². The Balaban J connectivity index is 3.17. The van der Waals surface area contributed by atoms with E-state index >= 15 is 0 Å². The summed E-state index contributed by atoms with van der Waals surface area (Å²) >= 11 is 6.35. The lowest BCUT2D eigenvalue weighted by Crippen LogP contribution is -2.05. The summed E-state index contributed by atoms with van der Waals surface area (Å²) in [6, 6.07) is 4.22. The summed E-state index contributed by atoms with van der Waals surface area (Å²) in [5, 5.41) is 9.54. The minimum Gasteiger partial charge on any atom is -0.493 e. The van der Waals surface area contributed by atoms with Gasteiger partial charge in [0.1, 0.15) is 5.75 Å². The van der Waals surface area contributed by atoms with Gasteiger partial charge in [-0.05, 0) is 49.8 Å². The van der Waals surface area contributed by atoms with E-state index in [9.17, 15) is 0 Å². The third-order valence-electron chi connectivity index (χ3n) is 3.34. The number of hydrogen-bond donors (Lipinski definition) is 0. The van der Waals surface area contributed by atoms with Gasteiger partial charge in [-0.1, -0.05) is 25.4 Å². The van der Waals surface area contributed by atoms with Crippen molar-refractivity contribution in [2.24, 2.45) is 0 Å². The molecule has 0 radical (unpaired) electrons. The van der Waals surface area contributed by atoms with E-state index in [0.717, 1.165) is 40.3 Å². The van der Waals surface area contributed by atoms with Crippen LogP contribution in [0.5, 0.6) is 5.75 Å². The van der Waals surface area contributed by atoms with E-state index in [1.54, 1.807) is 0 Å². The SMILES string of the molecule is CCCOc1cc(C)c(Cl)c(C)c1C(C)CCC#N. The summed E-state index contributed by atoms with van der Waals surface area (Å²) in [5.74, 6) is 1.20. The molecule has 0 heterocycles. The lowest BCUT2D eigenvalue weighted by atomic mass is 9.90. The maximum Gasteiger partial charge on any atom is 0.123 e. The predicted molar refractivity (Wildman–Crippen MR) is 80.0 cm³/mol. The fourth-order valence-corrected chi connectivity index (χ4v) is 2.46. The first-order valence-corrected chi connectivity index (χ1v) is 7.20. The minimum atomic E-state index is 0.282. The topological polar surface area (TPSA) is 33.0 Å². The maximum absolute atomic E-state index is 8.73. The number of ether oxygens (including phenoxy) is 1. The number of benzene rings is 1. The maximum atomic E-state index is 8.73. The largest absolute Gasteiger partial charge is 0.493 e. The van der Waals surface area contributed by atoms with Gasteiger partial charge in [-0.25, -0.2) is 0 Å². The Morgan fingerprint density at radius 1 is 1.42 bits per heavy atom. The monoisotopic (exact) mass is 279 g/mol. The van der Waals surface area contributed by atoms with E-state index in [4.69, 9.17) is 21.6 Å². The molecule has 1 aromatic carbocycles. The minimum absolute atomic E-state index is 0.282. The summed E-state index contributed by atoms with van der Waals surface area (Å²) < 4.78 is 5.86. The van der Waals surface area contributed by atoms with E-state index in [0.29, 0.717) is 13.0 Å². The average Bonchev–Trinajstić information content (AvgIpc) is 2.39. The van der Waals surface area contributed by atoms with Crippen LogP contribution >= 0.6 is 11.6 Å². The van der Waals surface area contributed by atoms with E-state index in [1.165, 1.54) is 0 Å². The Hall–Kier alpha value is -1.20. The van der Waals surface area contributed by atoms with Crippen LogP contribution in [0.4, 0.5) is 0 Å². The van der Waals surface area contributed by atoms with E-state index in [2.05, 4.69) is 19.9 Å². The van der Waals surface area contributed by atoms with Gasteiger partial charge in [-0.2, -0.15) is 5.26 Å². The molecule has 3 heteroatoms. The third-order valence-corrected chi connectivity index (χ3v) is 3.92. The number of hydrogen-bond acceptors (Lipinski definition) is 2. The summed E-state index contributed by atoms with van der Waals surface area (Å²) in [6.45, 7) is 8.96. The molecule has 2 nitrogen and oxygen atoms in total. The normalized spacial score (nSPS) is 12.0. The van der Waals surface area contributed by atoms with Gasteiger partial charge in [-0.3, -0.25) is 0 Å². The van der Waals surface area contributed by atoms with Crippen molar-refractivity contribution < 1.29 is 4.74 Å². The van der Waals surface area contributed by atoms with Crippen molar-refractivity contribution in [1.82, 2.24) is 0 Å². The molecular formula is C16H22ClNO. The Bertz CT molecular complexity index is 477. The first-order chi connectivity index (χ1) is 9.02. The van der Waals surface area contributed by atoms with Gasteiger partial charge < -0.3 is 4.74 Å². The smallest absolute Gasteiger partial charge is 0.123 e. The molecule has 0 aliphatic heterocycles. The average molecular weight is 280 g/mol. The molecule has 1 atom stereocenters. The van der Waals surface area contributed by atoms with Gasteiger partial charge in [0.25, 0.3) is 0 Å². The second-order valence-corrected chi connectivity index (χ2v) is 5.37. The summed E-state index contributed by atoms with van der Waals surface area (Å²) in [6.07, 6.45) is 2.37. The van der Waals surface area contributed by atoms with Crippen LogP contribution in [0.15, 0.2) is 6.07 Å². The summed E-state index contributed by atoms with van der Waals surface area (Å²) in [5.41, 5.74) is 3.28. The fraction of sp³-hybridized carbons (Fsp3) is 0.562. The van der Waals surface area contributed by atoms with Crippen molar-refractivity contribution >= 4 is 11.6 Å². The molecule has 0 N–H and O–H groups in total. The van der Waals surface area contributed by atoms with E-state index in [1.807, 2.05) is 19.9 Å². The van der Waals surface area contributed by atoms with E-state index in [-0.39, 0.29) is 5.92 Å². The molecule has 1 aromatic rings. The number of nitrogens with zero attached hydrogens (tertiary/aromatic N) is 1. The Labute approximate surface area is 121 Å². The highest BCUT2D eigenvalue weighted by Crippen LogP contribution is 2.38. The Kier molecular flexibility index (Phi) is 6.18. The molecule has 0 aromatic heterocycles. The molecule has 0 fully saturated rings. The Morgan fingerprint density at radius 3 is 2.68 bits per heavy atom. The molecule has 0 amide bonds. The van der Waals surface area contributed by atoms with Gasteiger partial charge in [0.2, 0.25) is 0 Å². The summed E-state index contributed by atoms with van der Waals surface area (Å²) in [7, 11) is 0. The van der Waals surface area contributed by atoms with Gasteiger partial charge >= 0.3 is 0 Å². The van der Waals surface area contributed by atoms with Crippen molar-refractivity contribution in [3.05, 3.63) is 27.8 Å². The van der Waals surface area contributed by atoms with Crippen LogP contribution < -0.4 is 4.74 Å². The van der Waals surface area contributed by atoms with Crippen LogP contribution in [0.2, 0.25) is 5.02 Å². The molecule has 0 saturated carbocycles. The molecular weight excluding hydrogens is 258 g/mol. The lowest BCUT2D eigenvalue weighted by molar-refractivity contribution is 0.311. The van der Waals surface area contributed by atoms with Crippen molar-refractivity contribution in [3.63, 3.8) is 0 Å². The second-order valence-electron chi connectivity index (χ2n) is 4.99. The van der Waals surface area contributed by atoms with Crippen LogP contribution in [-0.4, -0.2) is 6.61 Å². The Morgan fingerprint density at radius 2 is 2.11 bits per heavy atom. The standard InChI is InChI=1S/C16H22ClNO/c1-5-9-19-14-10-12(3)16(17)13(4)15(14)11(2)7-6-8-18/h10-11H,5-7,9H2,1-4H3. The van der Waals surface area contributed by atoms with Crippen LogP contribution in [0.3, 0.4) is 0 Å². The van der Waals surface area contributed by atoms with Crippen molar-refractivity contribution in [2.45, 2.75) is 52.9 Å². The quantitative estimate of drug-likeness (QED) is 0.721. The second kappa shape index (κ2) is 7.40. The van der Waals surface area contributed by atoms with E-state index < -0.39 is 0 Å². The molecule has 1 rings (SSSR count).